The van der Waals surface area contributed by atoms with Crippen molar-refractivity contribution in [2.45, 2.75) is 45.6 Å². The van der Waals surface area contributed by atoms with Gasteiger partial charge in [0.05, 0.1) is 18.3 Å². The van der Waals surface area contributed by atoms with Gasteiger partial charge in [0.1, 0.15) is 5.52 Å². The van der Waals surface area contributed by atoms with Crippen molar-refractivity contribution in [3.63, 3.8) is 0 Å². The van der Waals surface area contributed by atoms with Gasteiger partial charge in [0.2, 0.25) is 0 Å². The van der Waals surface area contributed by atoms with E-state index in [0.717, 1.165) is 29.9 Å². The minimum atomic E-state index is 0.279. The summed E-state index contributed by atoms with van der Waals surface area (Å²) in [5.41, 5.74) is 2.10. The molecule has 2 rings (SSSR count). The van der Waals surface area contributed by atoms with Gasteiger partial charge in [-0.05, 0) is 18.4 Å². The minimum absolute atomic E-state index is 0.279. The van der Waals surface area contributed by atoms with Crippen LogP contribution in [0.1, 0.15) is 45.2 Å². The Balaban J connectivity index is 2.28. The minimum Gasteiger partial charge on any atom is -0.383 e. The lowest BCUT2D eigenvalue weighted by molar-refractivity contribution is 0.182. The lowest BCUT2D eigenvalue weighted by atomic mass is 10.1. The number of ether oxygens (including phenoxy) is 1. The zero-order valence-corrected chi connectivity index (χ0v) is 12.8. The lowest BCUT2D eigenvalue weighted by Crippen LogP contribution is -2.25. The summed E-state index contributed by atoms with van der Waals surface area (Å²) in [6.45, 7) is 7.15. The topological polar surface area (TPSA) is 51.5 Å². The first-order valence-electron chi connectivity index (χ1n) is 7.25. The van der Waals surface area contributed by atoms with Crippen LogP contribution in [0, 0.1) is 0 Å². The summed E-state index contributed by atoms with van der Waals surface area (Å²) in [4.78, 5) is 4.46. The van der Waals surface area contributed by atoms with Gasteiger partial charge >= 0.3 is 0 Å². The molecule has 0 saturated heterocycles. The molecule has 1 atom stereocenters. The molecule has 0 spiro atoms. The Kier molecular flexibility index (Phi) is 4.95. The van der Waals surface area contributed by atoms with Crippen LogP contribution < -0.4 is 5.32 Å². The van der Waals surface area contributed by atoms with Crippen molar-refractivity contribution in [1.82, 2.24) is 14.6 Å². The molecule has 0 aliphatic heterocycles. The van der Waals surface area contributed by atoms with E-state index in [1.165, 1.54) is 0 Å². The van der Waals surface area contributed by atoms with E-state index >= 15 is 0 Å². The number of aromatic nitrogens is 3. The van der Waals surface area contributed by atoms with Crippen LogP contribution in [0.25, 0.3) is 5.52 Å². The molecule has 0 aliphatic carbocycles. The fourth-order valence-electron chi connectivity index (χ4n) is 2.27. The van der Waals surface area contributed by atoms with Crippen LogP contribution >= 0.6 is 0 Å². The maximum absolute atomic E-state index is 5.27. The third kappa shape index (κ3) is 3.28. The van der Waals surface area contributed by atoms with Crippen LogP contribution in [0.4, 0.5) is 5.82 Å². The molecular formula is C15H24N4O. The molecule has 1 unspecified atom stereocenters. The summed E-state index contributed by atoms with van der Waals surface area (Å²) < 4.78 is 7.16. The summed E-state index contributed by atoms with van der Waals surface area (Å²) in [7, 11) is 1.73. The highest BCUT2D eigenvalue weighted by Gasteiger charge is 2.13. The first-order valence-corrected chi connectivity index (χ1v) is 7.25. The van der Waals surface area contributed by atoms with Gasteiger partial charge in [-0.1, -0.05) is 27.2 Å². The number of anilines is 1. The van der Waals surface area contributed by atoms with E-state index in [4.69, 9.17) is 4.74 Å². The molecule has 2 aromatic rings. The number of hydrogen-bond acceptors (Lipinski definition) is 4. The van der Waals surface area contributed by atoms with Gasteiger partial charge in [-0.2, -0.15) is 5.10 Å². The van der Waals surface area contributed by atoms with Crippen molar-refractivity contribution in [3.8, 4) is 0 Å². The van der Waals surface area contributed by atoms with Gasteiger partial charge in [-0.3, -0.25) is 0 Å². The molecule has 1 N–H and O–H groups in total. The number of fused-ring (bicyclic) bond motifs is 1. The fraction of sp³-hybridized carbons (Fsp3) is 0.600. The third-order valence-electron chi connectivity index (χ3n) is 3.35. The van der Waals surface area contributed by atoms with Gasteiger partial charge in [0, 0.05) is 19.5 Å². The maximum atomic E-state index is 5.27. The van der Waals surface area contributed by atoms with E-state index in [2.05, 4.69) is 42.2 Å². The van der Waals surface area contributed by atoms with Crippen molar-refractivity contribution < 1.29 is 4.74 Å². The van der Waals surface area contributed by atoms with Gasteiger partial charge in [-0.15, -0.1) is 0 Å². The van der Waals surface area contributed by atoms with E-state index < -0.39 is 0 Å². The van der Waals surface area contributed by atoms with E-state index in [9.17, 15) is 0 Å². The second kappa shape index (κ2) is 6.70. The van der Waals surface area contributed by atoms with Crippen LogP contribution in [0.5, 0.6) is 0 Å². The molecule has 0 aliphatic rings. The number of methoxy groups -OCH3 is 1. The van der Waals surface area contributed by atoms with E-state index in [0.29, 0.717) is 12.5 Å². The molecule has 0 saturated carbocycles. The standard InChI is InChI=1S/C15H24N4O/c1-5-6-12(10-20-4)17-15-14-9-13(11(2)3)18-19(14)8-7-16-15/h7-9,11-12H,5-6,10H2,1-4H3,(H,16,17). The Bertz CT molecular complexity index is 544. The molecule has 5 nitrogen and oxygen atoms in total. The Labute approximate surface area is 120 Å². The number of rotatable bonds is 7. The second-order valence-electron chi connectivity index (χ2n) is 5.41. The van der Waals surface area contributed by atoms with Gasteiger partial charge in [0.15, 0.2) is 5.82 Å². The van der Waals surface area contributed by atoms with Crippen LogP contribution in [0.2, 0.25) is 0 Å². The van der Waals surface area contributed by atoms with E-state index in [1.54, 1.807) is 13.3 Å². The zero-order valence-electron chi connectivity index (χ0n) is 12.8. The average molecular weight is 276 g/mol. The lowest BCUT2D eigenvalue weighted by Gasteiger charge is -2.18. The van der Waals surface area contributed by atoms with Crippen molar-refractivity contribution >= 4 is 11.3 Å². The molecule has 5 heteroatoms. The summed E-state index contributed by atoms with van der Waals surface area (Å²) >= 11 is 0. The van der Waals surface area contributed by atoms with Crippen LogP contribution in [-0.2, 0) is 4.74 Å². The van der Waals surface area contributed by atoms with Crippen molar-refractivity contribution in [2.75, 3.05) is 19.0 Å². The number of nitrogens with one attached hydrogen (secondary N) is 1. The van der Waals surface area contributed by atoms with Crippen molar-refractivity contribution in [3.05, 3.63) is 24.2 Å². The predicted molar refractivity (Wildman–Crippen MR) is 81.3 cm³/mol. The SMILES string of the molecule is CCCC(COC)Nc1nccn2nc(C(C)C)cc12. The summed E-state index contributed by atoms with van der Waals surface area (Å²) in [6.07, 6.45) is 5.84. The summed E-state index contributed by atoms with van der Waals surface area (Å²) in [5.74, 6) is 1.29. The Hall–Kier alpha value is -1.62. The number of hydrogen-bond donors (Lipinski definition) is 1. The van der Waals surface area contributed by atoms with Gasteiger partial charge < -0.3 is 10.1 Å². The smallest absolute Gasteiger partial charge is 0.152 e. The highest BCUT2D eigenvalue weighted by molar-refractivity contribution is 5.68. The monoisotopic (exact) mass is 276 g/mol. The van der Waals surface area contributed by atoms with Crippen LogP contribution in [0.3, 0.4) is 0 Å². The molecule has 2 aromatic heterocycles. The zero-order chi connectivity index (χ0) is 14.5. The van der Waals surface area contributed by atoms with Crippen LogP contribution in [-0.4, -0.2) is 34.4 Å². The largest absolute Gasteiger partial charge is 0.383 e. The summed E-state index contributed by atoms with van der Waals surface area (Å²) in [6, 6.07) is 2.39. The molecule has 2 heterocycles. The number of nitrogens with zero attached hydrogens (tertiary/aromatic N) is 3. The highest BCUT2D eigenvalue weighted by atomic mass is 16.5. The normalized spacial score (nSPS) is 13.1. The van der Waals surface area contributed by atoms with Crippen molar-refractivity contribution in [1.29, 1.82) is 0 Å². The van der Waals surface area contributed by atoms with Gasteiger partial charge in [-0.25, -0.2) is 9.50 Å². The van der Waals surface area contributed by atoms with E-state index in [1.807, 2.05) is 10.7 Å². The first kappa shape index (κ1) is 14.8. The second-order valence-corrected chi connectivity index (χ2v) is 5.41. The first-order chi connectivity index (χ1) is 9.65. The Morgan fingerprint density at radius 2 is 2.20 bits per heavy atom. The third-order valence-corrected chi connectivity index (χ3v) is 3.35. The molecule has 0 radical (unpaired) electrons. The molecule has 20 heavy (non-hydrogen) atoms. The molecule has 110 valence electrons. The molecule has 0 amide bonds. The predicted octanol–water partition coefficient (Wildman–Crippen LogP) is 3.08. The Morgan fingerprint density at radius 3 is 2.85 bits per heavy atom. The molecule has 0 bridgehead atoms. The maximum Gasteiger partial charge on any atom is 0.152 e. The molecule has 0 aromatic carbocycles. The quantitative estimate of drug-likeness (QED) is 0.844. The van der Waals surface area contributed by atoms with Crippen LogP contribution in [0.15, 0.2) is 18.5 Å². The molecular weight excluding hydrogens is 252 g/mol. The summed E-state index contributed by atoms with van der Waals surface area (Å²) in [5, 5.41) is 8.06. The average Bonchev–Trinajstić information content (AvgIpc) is 2.84. The van der Waals surface area contributed by atoms with Crippen molar-refractivity contribution in [2.24, 2.45) is 0 Å². The fourth-order valence-corrected chi connectivity index (χ4v) is 2.27. The Morgan fingerprint density at radius 1 is 1.40 bits per heavy atom. The molecule has 0 fully saturated rings. The highest BCUT2D eigenvalue weighted by Crippen LogP contribution is 2.21. The van der Waals surface area contributed by atoms with Gasteiger partial charge in [0.25, 0.3) is 0 Å². The van der Waals surface area contributed by atoms with E-state index in [-0.39, 0.29) is 6.04 Å².